The van der Waals surface area contributed by atoms with Gasteiger partial charge in [-0.25, -0.2) is 15.0 Å². The first-order valence-corrected chi connectivity index (χ1v) is 9.39. The molecule has 0 radical (unpaired) electrons. The number of nitrogen functional groups attached to an aromatic ring is 1. The molecular formula is C20H16N6O2S. The summed E-state index contributed by atoms with van der Waals surface area (Å²) in [6.45, 7) is 0. The molecule has 4 aromatic rings. The number of nitrogens with one attached hydrogen (secondary N) is 1. The van der Waals surface area contributed by atoms with Gasteiger partial charge in [-0.05, 0) is 18.2 Å². The van der Waals surface area contributed by atoms with Crippen molar-refractivity contribution in [3.8, 4) is 22.1 Å². The van der Waals surface area contributed by atoms with Gasteiger partial charge in [0.2, 0.25) is 5.06 Å². The van der Waals surface area contributed by atoms with Crippen LogP contribution < -0.4 is 21.5 Å². The first kappa shape index (κ1) is 18.4. The molecule has 4 rings (SSSR count). The molecule has 0 saturated heterocycles. The molecule has 1 amide bonds. The number of hydrogen-bond donors (Lipinski definition) is 3. The minimum atomic E-state index is -0.602. The second-order valence-corrected chi connectivity index (χ2v) is 6.92. The molecule has 0 aliphatic heterocycles. The van der Waals surface area contributed by atoms with Gasteiger partial charge in [0.1, 0.15) is 28.8 Å². The van der Waals surface area contributed by atoms with E-state index >= 15 is 0 Å². The van der Waals surface area contributed by atoms with Gasteiger partial charge in [-0.2, -0.15) is 0 Å². The molecule has 29 heavy (non-hydrogen) atoms. The SMILES string of the molecule is NC(=O)c1cccc(Nc2cc(Oc3sc(N)nc3-c3ccccc3)ccn2)n1. The molecule has 3 aromatic heterocycles. The molecule has 9 heteroatoms. The number of nitrogens with two attached hydrogens (primary N) is 2. The van der Waals surface area contributed by atoms with Gasteiger partial charge in [0.15, 0.2) is 5.13 Å². The number of anilines is 3. The Morgan fingerprint density at radius 2 is 1.83 bits per heavy atom. The van der Waals surface area contributed by atoms with E-state index in [1.807, 2.05) is 30.3 Å². The maximum absolute atomic E-state index is 11.3. The fourth-order valence-electron chi connectivity index (χ4n) is 2.59. The van der Waals surface area contributed by atoms with Gasteiger partial charge in [-0.1, -0.05) is 47.7 Å². The van der Waals surface area contributed by atoms with Crippen molar-refractivity contribution in [2.24, 2.45) is 5.73 Å². The maximum Gasteiger partial charge on any atom is 0.267 e. The van der Waals surface area contributed by atoms with E-state index in [-0.39, 0.29) is 5.69 Å². The van der Waals surface area contributed by atoms with E-state index in [0.29, 0.717) is 33.3 Å². The highest BCUT2D eigenvalue weighted by atomic mass is 32.1. The first-order chi connectivity index (χ1) is 14.1. The average molecular weight is 404 g/mol. The van der Waals surface area contributed by atoms with Crippen LogP contribution in [0.4, 0.5) is 16.8 Å². The summed E-state index contributed by atoms with van der Waals surface area (Å²) >= 11 is 1.26. The summed E-state index contributed by atoms with van der Waals surface area (Å²) in [5.41, 5.74) is 12.9. The summed E-state index contributed by atoms with van der Waals surface area (Å²) in [6, 6.07) is 18.0. The van der Waals surface area contributed by atoms with Crippen molar-refractivity contribution >= 4 is 34.0 Å². The van der Waals surface area contributed by atoms with Crippen LogP contribution in [0.15, 0.2) is 66.9 Å². The van der Waals surface area contributed by atoms with E-state index < -0.39 is 5.91 Å². The maximum atomic E-state index is 11.3. The third-order valence-electron chi connectivity index (χ3n) is 3.86. The van der Waals surface area contributed by atoms with Crippen LogP contribution in [-0.2, 0) is 0 Å². The number of amides is 1. The smallest absolute Gasteiger partial charge is 0.267 e. The number of benzene rings is 1. The second kappa shape index (κ2) is 7.95. The van der Waals surface area contributed by atoms with Crippen molar-refractivity contribution < 1.29 is 9.53 Å². The predicted octanol–water partition coefficient (Wildman–Crippen LogP) is 3.82. The molecule has 144 valence electrons. The van der Waals surface area contributed by atoms with Crippen LogP contribution >= 0.6 is 11.3 Å². The number of hydrogen-bond acceptors (Lipinski definition) is 8. The van der Waals surface area contributed by atoms with Crippen LogP contribution in [0.2, 0.25) is 0 Å². The van der Waals surface area contributed by atoms with Crippen LogP contribution in [0, 0.1) is 0 Å². The lowest BCUT2D eigenvalue weighted by Crippen LogP contribution is -2.13. The van der Waals surface area contributed by atoms with Crippen molar-refractivity contribution in [3.05, 3.63) is 72.6 Å². The number of pyridine rings is 2. The van der Waals surface area contributed by atoms with E-state index in [0.717, 1.165) is 5.56 Å². The van der Waals surface area contributed by atoms with Gasteiger partial charge >= 0.3 is 0 Å². The zero-order valence-corrected chi connectivity index (χ0v) is 15.9. The fourth-order valence-corrected chi connectivity index (χ4v) is 3.32. The Labute approximate surface area is 170 Å². The van der Waals surface area contributed by atoms with Crippen LogP contribution in [0.1, 0.15) is 10.5 Å². The Hall–Kier alpha value is -3.98. The number of carbonyl (C=O) groups is 1. The van der Waals surface area contributed by atoms with Crippen molar-refractivity contribution in [3.63, 3.8) is 0 Å². The molecule has 0 atom stereocenters. The quantitative estimate of drug-likeness (QED) is 0.445. The lowest BCUT2D eigenvalue weighted by molar-refractivity contribution is 0.0995. The third kappa shape index (κ3) is 4.30. The van der Waals surface area contributed by atoms with Crippen molar-refractivity contribution in [2.45, 2.75) is 0 Å². The molecule has 0 saturated carbocycles. The molecule has 0 aliphatic carbocycles. The topological polar surface area (TPSA) is 129 Å². The lowest BCUT2D eigenvalue weighted by Gasteiger charge is -2.09. The van der Waals surface area contributed by atoms with E-state index in [1.165, 1.54) is 11.3 Å². The number of carbonyl (C=O) groups excluding carboxylic acids is 1. The Balaban J connectivity index is 1.58. The minimum Gasteiger partial charge on any atom is -0.444 e. The average Bonchev–Trinajstić information content (AvgIpc) is 3.09. The number of aromatic nitrogens is 3. The molecule has 1 aromatic carbocycles. The number of primary amides is 1. The van der Waals surface area contributed by atoms with E-state index in [4.69, 9.17) is 16.2 Å². The van der Waals surface area contributed by atoms with Gasteiger partial charge in [-0.3, -0.25) is 4.79 Å². The predicted molar refractivity (Wildman–Crippen MR) is 112 cm³/mol. The fraction of sp³-hybridized carbons (Fsp3) is 0. The normalized spacial score (nSPS) is 10.5. The van der Waals surface area contributed by atoms with Crippen LogP contribution in [0.25, 0.3) is 11.3 Å². The summed E-state index contributed by atoms with van der Waals surface area (Å²) in [4.78, 5) is 24.1. The summed E-state index contributed by atoms with van der Waals surface area (Å²) in [5, 5.41) is 4.03. The number of ether oxygens (including phenoxy) is 1. The molecule has 0 spiro atoms. The Kier molecular flexibility index (Phi) is 5.04. The van der Waals surface area contributed by atoms with Crippen LogP contribution in [0.5, 0.6) is 10.8 Å². The molecule has 0 unspecified atom stereocenters. The van der Waals surface area contributed by atoms with Gasteiger partial charge in [0.05, 0.1) is 0 Å². The Morgan fingerprint density at radius 3 is 2.62 bits per heavy atom. The highest BCUT2D eigenvalue weighted by molar-refractivity contribution is 7.17. The minimum absolute atomic E-state index is 0.162. The summed E-state index contributed by atoms with van der Waals surface area (Å²) < 4.78 is 6.03. The Bertz CT molecular complexity index is 1160. The molecule has 0 fully saturated rings. The zero-order valence-electron chi connectivity index (χ0n) is 15.1. The third-order valence-corrected chi connectivity index (χ3v) is 4.62. The lowest BCUT2D eigenvalue weighted by atomic mass is 10.2. The standard InChI is InChI=1S/C20H16N6O2S/c21-18(27)14-7-4-8-15(24-14)25-16-11-13(9-10-23-16)28-19-17(26-20(22)29-19)12-5-2-1-3-6-12/h1-11H,(H2,21,27)(H2,22,26)(H,23,24,25). The molecule has 0 bridgehead atoms. The molecule has 0 aliphatic rings. The molecule has 5 N–H and O–H groups in total. The summed E-state index contributed by atoms with van der Waals surface area (Å²) in [6.07, 6.45) is 1.60. The molecule has 8 nitrogen and oxygen atoms in total. The number of nitrogens with zero attached hydrogens (tertiary/aromatic N) is 3. The van der Waals surface area contributed by atoms with Gasteiger partial charge < -0.3 is 21.5 Å². The second-order valence-electron chi connectivity index (χ2n) is 5.93. The monoisotopic (exact) mass is 404 g/mol. The largest absolute Gasteiger partial charge is 0.444 e. The van der Waals surface area contributed by atoms with Crippen molar-refractivity contribution in [1.29, 1.82) is 0 Å². The van der Waals surface area contributed by atoms with Crippen molar-refractivity contribution in [1.82, 2.24) is 15.0 Å². The van der Waals surface area contributed by atoms with E-state index in [1.54, 1.807) is 36.5 Å². The van der Waals surface area contributed by atoms with Crippen LogP contribution in [-0.4, -0.2) is 20.9 Å². The van der Waals surface area contributed by atoms with Crippen LogP contribution in [0.3, 0.4) is 0 Å². The number of rotatable bonds is 6. The zero-order chi connectivity index (χ0) is 20.2. The summed E-state index contributed by atoms with van der Waals surface area (Å²) in [7, 11) is 0. The molecular weight excluding hydrogens is 388 g/mol. The van der Waals surface area contributed by atoms with Gasteiger partial charge in [0.25, 0.3) is 5.91 Å². The van der Waals surface area contributed by atoms with Gasteiger partial charge in [0, 0.05) is 17.8 Å². The highest BCUT2D eigenvalue weighted by Crippen LogP contribution is 2.39. The Morgan fingerprint density at radius 1 is 1.00 bits per heavy atom. The number of thiazole rings is 1. The first-order valence-electron chi connectivity index (χ1n) is 8.58. The van der Waals surface area contributed by atoms with Gasteiger partial charge in [-0.15, -0.1) is 0 Å². The molecule has 3 heterocycles. The van der Waals surface area contributed by atoms with E-state index in [2.05, 4.69) is 20.3 Å². The van der Waals surface area contributed by atoms with Crippen molar-refractivity contribution in [2.75, 3.05) is 11.1 Å². The summed E-state index contributed by atoms with van der Waals surface area (Å²) in [5.74, 6) is 0.887. The highest BCUT2D eigenvalue weighted by Gasteiger charge is 2.14. The van der Waals surface area contributed by atoms with E-state index in [9.17, 15) is 4.79 Å².